The fourth-order valence-electron chi connectivity index (χ4n) is 1.91. The van der Waals surface area contributed by atoms with Gasteiger partial charge in [0.25, 0.3) is 5.91 Å². The van der Waals surface area contributed by atoms with Crippen LogP contribution in [0.4, 0.5) is 0 Å². The van der Waals surface area contributed by atoms with Crippen LogP contribution < -0.4 is 5.32 Å². The van der Waals surface area contributed by atoms with E-state index in [1.807, 2.05) is 0 Å². The van der Waals surface area contributed by atoms with Crippen LogP contribution >= 0.6 is 0 Å². The van der Waals surface area contributed by atoms with Crippen molar-refractivity contribution in [1.82, 2.24) is 10.3 Å². The lowest BCUT2D eigenvalue weighted by atomic mass is 10.1. The number of nitrogens with zero attached hydrogens (tertiary/aromatic N) is 1. The van der Waals surface area contributed by atoms with Gasteiger partial charge in [-0.05, 0) is 18.6 Å². The summed E-state index contributed by atoms with van der Waals surface area (Å²) in [7, 11) is 1.33. The summed E-state index contributed by atoms with van der Waals surface area (Å²) in [6.45, 7) is 2.13. The highest BCUT2D eigenvalue weighted by molar-refractivity contribution is 5.96. The number of pyridine rings is 1. The number of ether oxygens (including phenoxy) is 1. The molecule has 110 valence electrons. The van der Waals surface area contributed by atoms with E-state index in [-0.39, 0.29) is 5.91 Å². The predicted octanol–water partition coefficient (Wildman–Crippen LogP) is 2.32. The molecule has 5 nitrogen and oxygen atoms in total. The molecule has 1 atom stereocenters. The maximum atomic E-state index is 12.0. The lowest BCUT2D eigenvalue weighted by molar-refractivity contribution is -0.143. The zero-order valence-electron chi connectivity index (χ0n) is 12.1. The maximum absolute atomic E-state index is 12.0. The Balaban J connectivity index is 2.56. The molecule has 0 aliphatic carbocycles. The second-order valence-corrected chi connectivity index (χ2v) is 4.63. The lowest BCUT2D eigenvalue weighted by Gasteiger charge is -2.16. The van der Waals surface area contributed by atoms with Crippen molar-refractivity contribution in [2.45, 2.75) is 45.1 Å². The Morgan fingerprint density at radius 1 is 1.25 bits per heavy atom. The summed E-state index contributed by atoms with van der Waals surface area (Å²) in [5.41, 5.74) is 0.488. The first-order valence-corrected chi connectivity index (χ1v) is 6.97. The highest BCUT2D eigenvalue weighted by atomic mass is 16.5. The summed E-state index contributed by atoms with van der Waals surface area (Å²) in [5, 5.41) is 2.72. The predicted molar refractivity (Wildman–Crippen MR) is 76.3 cm³/mol. The van der Waals surface area contributed by atoms with Crippen LogP contribution in [0.3, 0.4) is 0 Å². The summed E-state index contributed by atoms with van der Waals surface area (Å²) in [6.07, 6.45) is 7.90. The number of carbonyl (C=O) groups excluding carboxylic acids is 2. The van der Waals surface area contributed by atoms with Gasteiger partial charge in [0.05, 0.1) is 7.11 Å². The zero-order chi connectivity index (χ0) is 14.8. The van der Waals surface area contributed by atoms with Gasteiger partial charge in [-0.25, -0.2) is 4.79 Å². The first kappa shape index (κ1) is 16.1. The van der Waals surface area contributed by atoms with Crippen LogP contribution in [0.1, 0.15) is 49.4 Å². The molecule has 1 amide bonds. The molecular weight excluding hydrogens is 256 g/mol. The molecule has 0 unspecified atom stereocenters. The fraction of sp³-hybridized carbons (Fsp3) is 0.533. The normalized spacial score (nSPS) is 11.7. The minimum atomic E-state index is -0.586. The molecule has 0 aliphatic rings. The molecule has 5 heteroatoms. The first-order valence-electron chi connectivity index (χ1n) is 6.97. The van der Waals surface area contributed by atoms with Crippen molar-refractivity contribution in [1.29, 1.82) is 0 Å². The Morgan fingerprint density at radius 2 is 1.95 bits per heavy atom. The molecule has 1 aromatic rings. The summed E-state index contributed by atoms with van der Waals surface area (Å²) in [4.78, 5) is 27.6. The van der Waals surface area contributed by atoms with Crippen molar-refractivity contribution in [3.63, 3.8) is 0 Å². The maximum Gasteiger partial charge on any atom is 0.328 e. The van der Waals surface area contributed by atoms with Gasteiger partial charge >= 0.3 is 5.97 Å². The van der Waals surface area contributed by atoms with E-state index in [1.54, 1.807) is 24.5 Å². The van der Waals surface area contributed by atoms with E-state index in [2.05, 4.69) is 17.2 Å². The number of hydrogen-bond donors (Lipinski definition) is 1. The van der Waals surface area contributed by atoms with E-state index in [9.17, 15) is 9.59 Å². The van der Waals surface area contributed by atoms with E-state index in [1.165, 1.54) is 7.11 Å². The van der Waals surface area contributed by atoms with Gasteiger partial charge in [0.1, 0.15) is 6.04 Å². The lowest BCUT2D eigenvalue weighted by Crippen LogP contribution is -2.41. The molecule has 0 saturated heterocycles. The number of hydrogen-bond acceptors (Lipinski definition) is 4. The third-order valence-corrected chi connectivity index (χ3v) is 3.08. The largest absolute Gasteiger partial charge is 0.467 e. The van der Waals surface area contributed by atoms with Crippen molar-refractivity contribution >= 4 is 11.9 Å². The molecule has 0 radical (unpaired) electrons. The Hall–Kier alpha value is -1.91. The molecule has 1 heterocycles. The smallest absolute Gasteiger partial charge is 0.328 e. The molecule has 0 saturated carbocycles. The average molecular weight is 278 g/mol. The van der Waals surface area contributed by atoms with Crippen molar-refractivity contribution in [2.24, 2.45) is 0 Å². The van der Waals surface area contributed by atoms with Crippen molar-refractivity contribution in [2.75, 3.05) is 7.11 Å². The van der Waals surface area contributed by atoms with Gasteiger partial charge in [0, 0.05) is 18.0 Å². The van der Waals surface area contributed by atoms with Crippen LogP contribution in [0.25, 0.3) is 0 Å². The zero-order valence-corrected chi connectivity index (χ0v) is 12.1. The van der Waals surface area contributed by atoms with Gasteiger partial charge in [-0.1, -0.05) is 32.6 Å². The second-order valence-electron chi connectivity index (χ2n) is 4.63. The number of esters is 1. The van der Waals surface area contributed by atoms with Gasteiger partial charge in [-0.2, -0.15) is 0 Å². The summed E-state index contributed by atoms with van der Waals surface area (Å²) in [5.74, 6) is -0.679. The molecule has 0 aliphatic heterocycles. The number of amides is 1. The highest BCUT2D eigenvalue weighted by Crippen LogP contribution is 2.08. The summed E-state index contributed by atoms with van der Waals surface area (Å²) < 4.78 is 4.74. The SMILES string of the molecule is CCCCCC[C@H](NC(=O)c1ccncc1)C(=O)OC. The van der Waals surface area contributed by atoms with Crippen LogP contribution in [0.5, 0.6) is 0 Å². The molecule has 0 bridgehead atoms. The monoisotopic (exact) mass is 278 g/mol. The quantitative estimate of drug-likeness (QED) is 0.585. The van der Waals surface area contributed by atoms with Gasteiger partial charge in [-0.3, -0.25) is 9.78 Å². The first-order chi connectivity index (χ1) is 9.69. The van der Waals surface area contributed by atoms with E-state index in [0.29, 0.717) is 12.0 Å². The third kappa shape index (κ3) is 5.38. The van der Waals surface area contributed by atoms with E-state index in [0.717, 1.165) is 25.7 Å². The van der Waals surface area contributed by atoms with Gasteiger partial charge in [0.15, 0.2) is 0 Å². The molecule has 0 fully saturated rings. The van der Waals surface area contributed by atoms with Crippen LogP contribution in [-0.4, -0.2) is 30.0 Å². The number of rotatable bonds is 8. The van der Waals surface area contributed by atoms with Crippen molar-refractivity contribution < 1.29 is 14.3 Å². The number of methoxy groups -OCH3 is 1. The molecule has 1 N–H and O–H groups in total. The van der Waals surface area contributed by atoms with Gasteiger partial charge in [0.2, 0.25) is 0 Å². The Bertz CT molecular complexity index is 420. The standard InChI is InChI=1S/C15H22N2O3/c1-3-4-5-6-7-13(15(19)20-2)17-14(18)12-8-10-16-11-9-12/h8-11,13H,3-7H2,1-2H3,(H,17,18)/t13-/m0/s1. The molecule has 1 rings (SSSR count). The van der Waals surface area contributed by atoms with Gasteiger partial charge < -0.3 is 10.1 Å². The van der Waals surface area contributed by atoms with Crippen LogP contribution in [0, 0.1) is 0 Å². The van der Waals surface area contributed by atoms with Crippen molar-refractivity contribution in [3.05, 3.63) is 30.1 Å². The van der Waals surface area contributed by atoms with Crippen LogP contribution in [0.15, 0.2) is 24.5 Å². The number of carbonyl (C=O) groups is 2. The topological polar surface area (TPSA) is 68.3 Å². The minimum Gasteiger partial charge on any atom is -0.467 e. The average Bonchev–Trinajstić information content (AvgIpc) is 2.50. The molecular formula is C15H22N2O3. The van der Waals surface area contributed by atoms with Crippen LogP contribution in [0.2, 0.25) is 0 Å². The third-order valence-electron chi connectivity index (χ3n) is 3.08. The Labute approximate surface area is 119 Å². The Morgan fingerprint density at radius 3 is 2.55 bits per heavy atom. The van der Waals surface area contributed by atoms with Crippen LogP contribution in [-0.2, 0) is 9.53 Å². The number of nitrogens with one attached hydrogen (secondary N) is 1. The number of unbranched alkanes of at least 4 members (excludes halogenated alkanes) is 3. The van der Waals surface area contributed by atoms with Crippen molar-refractivity contribution in [3.8, 4) is 0 Å². The minimum absolute atomic E-state index is 0.279. The van der Waals surface area contributed by atoms with E-state index < -0.39 is 12.0 Å². The van der Waals surface area contributed by atoms with E-state index in [4.69, 9.17) is 4.74 Å². The van der Waals surface area contributed by atoms with E-state index >= 15 is 0 Å². The number of aromatic nitrogens is 1. The second kappa shape index (κ2) is 9.07. The molecule has 1 aromatic heterocycles. The fourth-order valence-corrected chi connectivity index (χ4v) is 1.91. The summed E-state index contributed by atoms with van der Waals surface area (Å²) in [6, 6.07) is 2.64. The molecule has 0 aromatic carbocycles. The highest BCUT2D eigenvalue weighted by Gasteiger charge is 2.21. The Kier molecular flexibility index (Phi) is 7.32. The molecule has 20 heavy (non-hydrogen) atoms. The molecule has 0 spiro atoms. The summed E-state index contributed by atoms with van der Waals surface area (Å²) >= 11 is 0. The van der Waals surface area contributed by atoms with Gasteiger partial charge in [-0.15, -0.1) is 0 Å².